The molecule has 0 unspecified atom stereocenters. The molecule has 0 spiro atoms. The van der Waals surface area contributed by atoms with Gasteiger partial charge in [-0.3, -0.25) is 9.59 Å². The average molecular weight is 500 g/mol. The van der Waals surface area contributed by atoms with E-state index in [1.807, 2.05) is 36.4 Å². The Kier molecular flexibility index (Phi) is 9.26. The maximum Gasteiger partial charge on any atom is 0.271 e. The number of H-pyrrole nitrogens is 1. The average Bonchev–Trinajstić information content (AvgIpc) is 3.34. The lowest BCUT2D eigenvalue weighted by molar-refractivity contribution is -0.120. The SMILES string of the molecule is COc1cccc(C=NNC(=O)c2ccc(CNCCC(=O)NCCc3c[nH]c4c3CCC=C4)cc2)c1. The molecule has 0 atom stereocenters. The first-order valence-electron chi connectivity index (χ1n) is 12.5. The van der Waals surface area contributed by atoms with Gasteiger partial charge in [0.15, 0.2) is 0 Å². The summed E-state index contributed by atoms with van der Waals surface area (Å²) in [5, 5.41) is 10.3. The van der Waals surface area contributed by atoms with Crippen molar-refractivity contribution in [1.29, 1.82) is 0 Å². The maximum absolute atomic E-state index is 12.3. The third-order valence-electron chi connectivity index (χ3n) is 6.22. The molecule has 0 radical (unpaired) electrons. The smallest absolute Gasteiger partial charge is 0.271 e. The fraction of sp³-hybridized carbons (Fsp3) is 0.276. The molecule has 0 saturated heterocycles. The van der Waals surface area contributed by atoms with Crippen LogP contribution < -0.4 is 20.8 Å². The van der Waals surface area contributed by atoms with E-state index in [-0.39, 0.29) is 11.8 Å². The molecule has 4 rings (SSSR count). The van der Waals surface area contributed by atoms with Crippen LogP contribution in [0.1, 0.15) is 51.1 Å². The van der Waals surface area contributed by atoms with Crippen LogP contribution in [0.15, 0.2) is 65.9 Å². The molecule has 3 aromatic rings. The number of aromatic nitrogens is 1. The predicted octanol–water partition coefficient (Wildman–Crippen LogP) is 3.59. The lowest BCUT2D eigenvalue weighted by Gasteiger charge is -2.09. The zero-order valence-corrected chi connectivity index (χ0v) is 21.0. The van der Waals surface area contributed by atoms with E-state index in [4.69, 9.17) is 4.74 Å². The first kappa shape index (κ1) is 25.9. The highest BCUT2D eigenvalue weighted by molar-refractivity contribution is 5.94. The summed E-state index contributed by atoms with van der Waals surface area (Å²) in [6, 6.07) is 14.7. The Hall–Kier alpha value is -4.17. The van der Waals surface area contributed by atoms with Crippen LogP contribution in [-0.2, 0) is 24.2 Å². The van der Waals surface area contributed by atoms with Crippen molar-refractivity contribution in [3.8, 4) is 5.75 Å². The number of hydrogen-bond donors (Lipinski definition) is 4. The van der Waals surface area contributed by atoms with E-state index in [9.17, 15) is 9.59 Å². The van der Waals surface area contributed by atoms with E-state index in [1.54, 1.807) is 25.5 Å². The van der Waals surface area contributed by atoms with Gasteiger partial charge in [-0.25, -0.2) is 5.43 Å². The van der Waals surface area contributed by atoms with Gasteiger partial charge in [0.2, 0.25) is 5.91 Å². The van der Waals surface area contributed by atoms with Gasteiger partial charge in [0, 0.05) is 43.5 Å². The maximum atomic E-state index is 12.3. The highest BCUT2D eigenvalue weighted by Crippen LogP contribution is 2.22. The summed E-state index contributed by atoms with van der Waals surface area (Å²) in [5.74, 6) is 0.481. The number of fused-ring (bicyclic) bond motifs is 1. The van der Waals surface area contributed by atoms with Gasteiger partial charge in [-0.2, -0.15) is 5.10 Å². The normalized spacial score (nSPS) is 12.4. The second kappa shape index (κ2) is 13.2. The van der Waals surface area contributed by atoms with E-state index in [0.29, 0.717) is 31.6 Å². The van der Waals surface area contributed by atoms with Crippen molar-refractivity contribution < 1.29 is 14.3 Å². The van der Waals surface area contributed by atoms with Crippen molar-refractivity contribution in [2.45, 2.75) is 32.2 Å². The molecule has 8 heteroatoms. The molecule has 1 aliphatic carbocycles. The third kappa shape index (κ3) is 7.65. The first-order valence-corrected chi connectivity index (χ1v) is 12.5. The van der Waals surface area contributed by atoms with Crippen LogP contribution in [0.5, 0.6) is 5.75 Å². The highest BCUT2D eigenvalue weighted by atomic mass is 16.5. The standard InChI is InChI=1S/C29H33N5O3/c1-37-25-6-4-5-22(17-25)19-33-34-29(36)23-11-9-21(10-12-23)18-30-15-14-28(35)31-16-13-24-20-32-27-8-3-2-7-26(24)27/h3-6,8-12,17,19-20,30,32H,2,7,13-16,18H2,1H3,(H,31,35)(H,34,36). The number of nitrogens with one attached hydrogen (secondary N) is 4. The molecule has 2 amide bonds. The van der Waals surface area contributed by atoms with Crippen LogP contribution in [-0.4, -0.2) is 43.2 Å². The van der Waals surface area contributed by atoms with Crippen molar-refractivity contribution in [1.82, 2.24) is 21.0 Å². The molecule has 0 bridgehead atoms. The first-order chi connectivity index (χ1) is 18.1. The molecule has 37 heavy (non-hydrogen) atoms. The number of aromatic amines is 1. The lowest BCUT2D eigenvalue weighted by Crippen LogP contribution is -2.29. The summed E-state index contributed by atoms with van der Waals surface area (Å²) in [6.07, 6.45) is 11.3. The minimum Gasteiger partial charge on any atom is -0.497 e. The van der Waals surface area contributed by atoms with E-state index < -0.39 is 0 Å². The number of carbonyl (C=O) groups is 2. The molecule has 0 aliphatic heterocycles. The summed E-state index contributed by atoms with van der Waals surface area (Å²) < 4.78 is 5.18. The highest BCUT2D eigenvalue weighted by Gasteiger charge is 2.12. The van der Waals surface area contributed by atoms with Gasteiger partial charge < -0.3 is 20.4 Å². The van der Waals surface area contributed by atoms with Gasteiger partial charge in [0.05, 0.1) is 13.3 Å². The summed E-state index contributed by atoms with van der Waals surface area (Å²) >= 11 is 0. The number of benzene rings is 2. The molecule has 2 aromatic carbocycles. The minimum atomic E-state index is -0.285. The van der Waals surface area contributed by atoms with Gasteiger partial charge >= 0.3 is 0 Å². The second-order valence-electron chi connectivity index (χ2n) is 8.85. The Bertz CT molecular complexity index is 1260. The fourth-order valence-corrected chi connectivity index (χ4v) is 4.19. The van der Waals surface area contributed by atoms with Gasteiger partial charge in [0.1, 0.15) is 5.75 Å². The van der Waals surface area contributed by atoms with Crippen LogP contribution in [0.4, 0.5) is 0 Å². The van der Waals surface area contributed by atoms with Crippen LogP contribution >= 0.6 is 0 Å². The number of hydrogen-bond acceptors (Lipinski definition) is 5. The van der Waals surface area contributed by atoms with E-state index in [1.165, 1.54) is 16.8 Å². The largest absolute Gasteiger partial charge is 0.497 e. The lowest BCUT2D eigenvalue weighted by atomic mass is 9.99. The van der Waals surface area contributed by atoms with Crippen molar-refractivity contribution in [2.75, 3.05) is 20.2 Å². The molecule has 8 nitrogen and oxygen atoms in total. The van der Waals surface area contributed by atoms with Crippen LogP contribution in [0.3, 0.4) is 0 Å². The van der Waals surface area contributed by atoms with E-state index in [0.717, 1.165) is 36.1 Å². The molecular weight excluding hydrogens is 466 g/mol. The molecule has 0 fully saturated rings. The van der Waals surface area contributed by atoms with Crippen LogP contribution in [0, 0.1) is 0 Å². The Balaban J connectivity index is 1.11. The molecule has 1 aromatic heterocycles. The third-order valence-corrected chi connectivity index (χ3v) is 6.22. The summed E-state index contributed by atoms with van der Waals surface area (Å²) in [6.45, 7) is 1.84. The Morgan fingerprint density at radius 3 is 2.84 bits per heavy atom. The van der Waals surface area contributed by atoms with Crippen molar-refractivity contribution in [3.05, 3.63) is 94.3 Å². The second-order valence-corrected chi connectivity index (χ2v) is 8.85. The topological polar surface area (TPSA) is 108 Å². The number of nitrogens with zero attached hydrogens (tertiary/aromatic N) is 1. The van der Waals surface area contributed by atoms with Gasteiger partial charge in [-0.1, -0.05) is 30.3 Å². The monoisotopic (exact) mass is 499 g/mol. The number of ether oxygens (including phenoxy) is 1. The Morgan fingerprint density at radius 1 is 1.14 bits per heavy atom. The number of methoxy groups -OCH3 is 1. The molecular formula is C29H33N5O3. The van der Waals surface area contributed by atoms with Crippen molar-refractivity contribution in [2.24, 2.45) is 5.10 Å². The van der Waals surface area contributed by atoms with E-state index in [2.05, 4.69) is 44.5 Å². The number of allylic oxidation sites excluding steroid dienone is 1. The van der Waals surface area contributed by atoms with Crippen molar-refractivity contribution >= 4 is 24.1 Å². The van der Waals surface area contributed by atoms with Gasteiger partial charge in [-0.05, 0) is 71.9 Å². The number of amides is 2. The zero-order chi connectivity index (χ0) is 25.9. The Morgan fingerprint density at radius 2 is 2.00 bits per heavy atom. The van der Waals surface area contributed by atoms with Gasteiger partial charge in [0.25, 0.3) is 5.91 Å². The molecule has 0 saturated carbocycles. The van der Waals surface area contributed by atoms with Crippen LogP contribution in [0.2, 0.25) is 0 Å². The van der Waals surface area contributed by atoms with Gasteiger partial charge in [-0.15, -0.1) is 0 Å². The molecule has 4 N–H and O–H groups in total. The molecule has 192 valence electrons. The molecule has 1 heterocycles. The number of rotatable bonds is 12. The zero-order valence-electron chi connectivity index (χ0n) is 21.0. The predicted molar refractivity (Wildman–Crippen MR) is 146 cm³/mol. The number of carbonyl (C=O) groups excluding carboxylic acids is 2. The number of hydrazone groups is 1. The minimum absolute atomic E-state index is 0.0401. The fourth-order valence-electron chi connectivity index (χ4n) is 4.19. The Labute approximate surface area is 217 Å². The molecule has 1 aliphatic rings. The van der Waals surface area contributed by atoms with E-state index >= 15 is 0 Å². The van der Waals surface area contributed by atoms with Crippen LogP contribution in [0.25, 0.3) is 6.08 Å². The summed E-state index contributed by atoms with van der Waals surface area (Å²) in [5.41, 5.74) is 8.78. The summed E-state index contributed by atoms with van der Waals surface area (Å²) in [4.78, 5) is 27.8. The quantitative estimate of drug-likeness (QED) is 0.174. The van der Waals surface area contributed by atoms with Crippen molar-refractivity contribution in [3.63, 3.8) is 0 Å². The summed E-state index contributed by atoms with van der Waals surface area (Å²) in [7, 11) is 1.60.